The van der Waals surface area contributed by atoms with Gasteiger partial charge in [-0.2, -0.15) is 0 Å². The van der Waals surface area contributed by atoms with Gasteiger partial charge in [0.05, 0.1) is 11.4 Å². The van der Waals surface area contributed by atoms with Crippen LogP contribution in [0.4, 0.5) is 13.2 Å². The molecule has 1 aliphatic rings. The lowest BCUT2D eigenvalue weighted by Gasteiger charge is -2.16. The minimum absolute atomic E-state index is 0.146. The van der Waals surface area contributed by atoms with E-state index in [0.717, 1.165) is 10.5 Å². The first-order chi connectivity index (χ1) is 10.4. The van der Waals surface area contributed by atoms with Crippen molar-refractivity contribution in [3.05, 3.63) is 48.0 Å². The molecule has 2 aromatic carbocycles. The Bertz CT molecular complexity index is 714. The van der Waals surface area contributed by atoms with Crippen molar-refractivity contribution >= 4 is 17.7 Å². The lowest BCUT2D eigenvalue weighted by Crippen LogP contribution is -2.27. The normalized spacial score (nSPS) is 14.2. The third kappa shape index (κ3) is 3.19. The Morgan fingerprint density at radius 2 is 1.73 bits per heavy atom. The number of fused-ring (bicyclic) bond motifs is 1. The molecule has 114 valence electrons. The van der Waals surface area contributed by atoms with Crippen molar-refractivity contribution < 1.29 is 22.7 Å². The van der Waals surface area contributed by atoms with Crippen molar-refractivity contribution in [2.75, 3.05) is 5.88 Å². The second-order valence-corrected chi connectivity index (χ2v) is 5.59. The number of nitrogens with one attached hydrogen (secondary N) is 1. The van der Waals surface area contributed by atoms with E-state index in [1.54, 1.807) is 6.07 Å². The molecule has 0 bridgehead atoms. The molecule has 2 aromatic rings. The number of thioether (sulfide) groups is 1. The Morgan fingerprint density at radius 3 is 2.41 bits per heavy atom. The maximum absolute atomic E-state index is 12.1. The van der Waals surface area contributed by atoms with Gasteiger partial charge in [0, 0.05) is 4.90 Å². The lowest BCUT2D eigenvalue weighted by molar-refractivity contribution is -0.274. The topological polar surface area (TPSA) is 38.3 Å². The molecule has 0 fully saturated rings. The second kappa shape index (κ2) is 5.57. The van der Waals surface area contributed by atoms with Crippen LogP contribution in [0.25, 0.3) is 11.1 Å². The summed E-state index contributed by atoms with van der Waals surface area (Å²) in [6.45, 7) is 0. The summed E-state index contributed by atoms with van der Waals surface area (Å²) in [5.74, 6) is 0.115. The lowest BCUT2D eigenvalue weighted by atomic mass is 10.0. The summed E-state index contributed by atoms with van der Waals surface area (Å²) in [5, 5.41) is 2.73. The van der Waals surface area contributed by atoms with Crippen LogP contribution in [0.15, 0.2) is 47.4 Å². The van der Waals surface area contributed by atoms with Crippen molar-refractivity contribution in [2.24, 2.45) is 0 Å². The van der Waals surface area contributed by atoms with E-state index in [4.69, 9.17) is 0 Å². The Balaban J connectivity index is 1.88. The van der Waals surface area contributed by atoms with E-state index in [9.17, 15) is 18.0 Å². The number of carbonyl (C=O) groups is 1. The fourth-order valence-electron chi connectivity index (χ4n) is 2.14. The molecule has 1 heterocycles. The summed E-state index contributed by atoms with van der Waals surface area (Å²) in [7, 11) is 0. The quantitative estimate of drug-likeness (QED) is 0.905. The van der Waals surface area contributed by atoms with Crippen LogP contribution in [0.2, 0.25) is 0 Å². The van der Waals surface area contributed by atoms with Gasteiger partial charge in [0.1, 0.15) is 5.75 Å². The average Bonchev–Trinajstić information content (AvgIpc) is 2.47. The number of carbonyl (C=O) groups excluding carboxylic acids is 1. The highest BCUT2D eigenvalue weighted by Gasteiger charge is 2.31. The van der Waals surface area contributed by atoms with E-state index in [1.165, 1.54) is 36.0 Å². The van der Waals surface area contributed by atoms with Crippen LogP contribution >= 0.6 is 11.8 Å². The number of alkyl halides is 3. The maximum atomic E-state index is 12.1. The van der Waals surface area contributed by atoms with E-state index in [2.05, 4.69) is 10.1 Å². The maximum Gasteiger partial charge on any atom is 0.573 e. The third-order valence-corrected chi connectivity index (χ3v) is 4.06. The van der Waals surface area contributed by atoms with Gasteiger partial charge in [-0.1, -0.05) is 18.2 Å². The molecule has 1 aliphatic heterocycles. The summed E-state index contributed by atoms with van der Waals surface area (Å²) in [6.07, 6.45) is -4.71. The van der Waals surface area contributed by atoms with Crippen LogP contribution in [0.1, 0.15) is 10.4 Å². The fourth-order valence-corrected chi connectivity index (χ4v) is 2.97. The number of ether oxygens (including phenoxy) is 1. The van der Waals surface area contributed by atoms with Gasteiger partial charge >= 0.3 is 6.36 Å². The zero-order chi connectivity index (χ0) is 15.7. The number of benzene rings is 2. The molecule has 22 heavy (non-hydrogen) atoms. The van der Waals surface area contributed by atoms with E-state index in [0.29, 0.717) is 17.0 Å². The standard InChI is InChI=1S/C15H10F3NO2S/c16-15(17,18)21-11-4-1-9(2-5-11)10-3-6-13-12(7-10)14(20)19-8-22-13/h1-7H,8H2,(H,19,20). The predicted molar refractivity (Wildman–Crippen MR) is 76.8 cm³/mol. The first kappa shape index (κ1) is 14.8. The van der Waals surface area contributed by atoms with Crippen LogP contribution in [0.5, 0.6) is 5.75 Å². The van der Waals surface area contributed by atoms with E-state index < -0.39 is 6.36 Å². The zero-order valence-corrected chi connectivity index (χ0v) is 11.9. The smallest absolute Gasteiger partial charge is 0.406 e. The Kier molecular flexibility index (Phi) is 3.74. The summed E-state index contributed by atoms with van der Waals surface area (Å²) in [6, 6.07) is 11.0. The summed E-state index contributed by atoms with van der Waals surface area (Å²) >= 11 is 1.53. The van der Waals surface area contributed by atoms with Crippen molar-refractivity contribution in [2.45, 2.75) is 11.3 Å². The molecule has 3 nitrogen and oxygen atoms in total. The monoisotopic (exact) mass is 325 g/mol. The number of amides is 1. The van der Waals surface area contributed by atoms with E-state index >= 15 is 0 Å². The highest BCUT2D eigenvalue weighted by Crippen LogP contribution is 2.31. The molecule has 1 N–H and O–H groups in total. The fraction of sp³-hybridized carbons (Fsp3) is 0.133. The number of hydrogen-bond acceptors (Lipinski definition) is 3. The summed E-state index contributed by atoms with van der Waals surface area (Å²) in [4.78, 5) is 12.7. The molecular weight excluding hydrogens is 315 g/mol. The predicted octanol–water partition coefficient (Wildman–Crippen LogP) is 4.05. The van der Waals surface area contributed by atoms with Gasteiger partial charge in [-0.15, -0.1) is 24.9 Å². The van der Waals surface area contributed by atoms with E-state index in [-0.39, 0.29) is 11.7 Å². The van der Waals surface area contributed by atoms with Gasteiger partial charge in [-0.05, 0) is 35.4 Å². The summed E-state index contributed by atoms with van der Waals surface area (Å²) in [5.41, 5.74) is 2.04. The van der Waals surface area contributed by atoms with Crippen LogP contribution in [-0.4, -0.2) is 18.1 Å². The number of halogens is 3. The average molecular weight is 325 g/mol. The van der Waals surface area contributed by atoms with E-state index in [1.807, 2.05) is 12.1 Å². The minimum Gasteiger partial charge on any atom is -0.406 e. The summed E-state index contributed by atoms with van der Waals surface area (Å²) < 4.78 is 40.2. The molecule has 1 amide bonds. The Morgan fingerprint density at radius 1 is 1.05 bits per heavy atom. The van der Waals surface area contributed by atoms with Gasteiger partial charge in [0.2, 0.25) is 0 Å². The molecule has 0 saturated heterocycles. The van der Waals surface area contributed by atoms with Crippen LogP contribution in [0.3, 0.4) is 0 Å². The van der Waals surface area contributed by atoms with Crippen molar-refractivity contribution in [1.82, 2.24) is 5.32 Å². The first-order valence-corrected chi connectivity index (χ1v) is 7.32. The van der Waals surface area contributed by atoms with Crippen molar-refractivity contribution in [3.63, 3.8) is 0 Å². The Hall–Kier alpha value is -2.15. The number of hydrogen-bond donors (Lipinski definition) is 1. The minimum atomic E-state index is -4.71. The molecular formula is C15H10F3NO2S. The van der Waals surface area contributed by atoms with Crippen molar-refractivity contribution in [3.8, 4) is 16.9 Å². The van der Waals surface area contributed by atoms with Crippen molar-refractivity contribution in [1.29, 1.82) is 0 Å². The SMILES string of the molecule is O=C1NCSc2ccc(-c3ccc(OC(F)(F)F)cc3)cc21. The molecule has 0 aliphatic carbocycles. The highest BCUT2D eigenvalue weighted by molar-refractivity contribution is 7.99. The first-order valence-electron chi connectivity index (χ1n) is 6.34. The van der Waals surface area contributed by atoms with Gasteiger partial charge in [-0.25, -0.2) is 0 Å². The largest absolute Gasteiger partial charge is 0.573 e. The Labute approximate surface area is 128 Å². The van der Waals surface area contributed by atoms with Gasteiger partial charge in [0.25, 0.3) is 5.91 Å². The third-order valence-electron chi connectivity index (χ3n) is 3.11. The van der Waals surface area contributed by atoms with Gasteiger partial charge in [0.15, 0.2) is 0 Å². The molecule has 0 atom stereocenters. The van der Waals surface area contributed by atoms with Crippen LogP contribution in [-0.2, 0) is 0 Å². The van der Waals surface area contributed by atoms with Crippen LogP contribution in [0, 0.1) is 0 Å². The zero-order valence-electron chi connectivity index (χ0n) is 11.1. The van der Waals surface area contributed by atoms with Gasteiger partial charge in [-0.3, -0.25) is 4.79 Å². The highest BCUT2D eigenvalue weighted by atomic mass is 32.2. The van der Waals surface area contributed by atoms with Crippen LogP contribution < -0.4 is 10.1 Å². The second-order valence-electron chi connectivity index (χ2n) is 4.58. The van der Waals surface area contributed by atoms with Gasteiger partial charge < -0.3 is 10.1 Å². The molecule has 0 spiro atoms. The molecule has 0 aromatic heterocycles. The number of rotatable bonds is 2. The molecule has 3 rings (SSSR count). The molecule has 0 unspecified atom stereocenters. The molecule has 7 heteroatoms. The molecule has 0 radical (unpaired) electrons. The molecule has 0 saturated carbocycles.